The van der Waals surface area contributed by atoms with E-state index in [1.807, 2.05) is 6.08 Å². The molecule has 1 aliphatic heterocycles. The van der Waals surface area contributed by atoms with Crippen molar-refractivity contribution in [2.24, 2.45) is 22.7 Å². The summed E-state index contributed by atoms with van der Waals surface area (Å²) in [6, 6.07) is -0.209. The molecule has 0 aromatic heterocycles. The Morgan fingerprint density at radius 1 is 1.29 bits per heavy atom. The van der Waals surface area contributed by atoms with Gasteiger partial charge in [-0.25, -0.2) is 4.79 Å². The van der Waals surface area contributed by atoms with Crippen molar-refractivity contribution in [1.82, 2.24) is 5.32 Å². The van der Waals surface area contributed by atoms with Crippen molar-refractivity contribution in [1.29, 1.82) is 0 Å². The van der Waals surface area contributed by atoms with Gasteiger partial charge in [-0.2, -0.15) is 0 Å². The van der Waals surface area contributed by atoms with Crippen LogP contribution >= 0.6 is 0 Å². The first-order valence-electron chi connectivity index (χ1n) is 12.7. The van der Waals surface area contributed by atoms with Crippen molar-refractivity contribution in [2.45, 2.75) is 78.4 Å². The fraction of sp³-hybridized carbons (Fsp3) is 0.741. The van der Waals surface area contributed by atoms with Crippen LogP contribution in [0.5, 0.6) is 0 Å². The zero-order chi connectivity index (χ0) is 25.8. The largest absolute Gasteiger partial charge is 0.465 e. The van der Waals surface area contributed by atoms with E-state index in [9.17, 15) is 19.5 Å². The van der Waals surface area contributed by atoms with Crippen LogP contribution in [-0.4, -0.2) is 61.5 Å². The fourth-order valence-electron chi connectivity index (χ4n) is 6.82. The van der Waals surface area contributed by atoms with E-state index in [4.69, 9.17) is 14.2 Å². The predicted molar refractivity (Wildman–Crippen MR) is 130 cm³/mol. The SMILES string of the molecule is C=C1CCC2[C@](C)(COC(C)=O)[C@H](OC(C)=O)CC[C@@]2(C)[C@@H]1CC(NCCCO)C1=CCOC1=O. The van der Waals surface area contributed by atoms with Crippen molar-refractivity contribution < 1.29 is 33.7 Å². The number of nitrogens with one attached hydrogen (secondary N) is 1. The van der Waals surface area contributed by atoms with E-state index in [1.165, 1.54) is 13.8 Å². The molecular formula is C27H41NO7. The van der Waals surface area contributed by atoms with Gasteiger partial charge in [-0.1, -0.05) is 26.0 Å². The second kappa shape index (κ2) is 11.2. The van der Waals surface area contributed by atoms with Gasteiger partial charge in [0.2, 0.25) is 0 Å². The molecule has 2 fully saturated rings. The van der Waals surface area contributed by atoms with E-state index in [1.54, 1.807) is 0 Å². The van der Waals surface area contributed by atoms with Gasteiger partial charge < -0.3 is 24.6 Å². The van der Waals surface area contributed by atoms with Gasteiger partial charge in [-0.15, -0.1) is 0 Å². The highest BCUT2D eigenvalue weighted by Crippen LogP contribution is 2.62. The quantitative estimate of drug-likeness (QED) is 0.208. The lowest BCUT2D eigenvalue weighted by Crippen LogP contribution is -2.59. The maximum absolute atomic E-state index is 12.4. The van der Waals surface area contributed by atoms with Gasteiger partial charge in [0.15, 0.2) is 0 Å². The third kappa shape index (κ3) is 5.80. The van der Waals surface area contributed by atoms with Crippen molar-refractivity contribution in [3.63, 3.8) is 0 Å². The lowest BCUT2D eigenvalue weighted by molar-refractivity contribution is -0.191. The molecule has 2 N–H and O–H groups in total. The number of allylic oxidation sites excluding steroid dienone is 1. The Morgan fingerprint density at radius 2 is 2.03 bits per heavy atom. The maximum atomic E-state index is 12.4. The van der Waals surface area contributed by atoms with Crippen LogP contribution in [0.1, 0.15) is 66.2 Å². The Morgan fingerprint density at radius 3 is 2.63 bits per heavy atom. The van der Waals surface area contributed by atoms with Gasteiger partial charge in [0, 0.05) is 31.9 Å². The summed E-state index contributed by atoms with van der Waals surface area (Å²) >= 11 is 0. The van der Waals surface area contributed by atoms with Gasteiger partial charge >= 0.3 is 17.9 Å². The minimum atomic E-state index is -0.533. The molecule has 196 valence electrons. The number of fused-ring (bicyclic) bond motifs is 1. The van der Waals surface area contributed by atoms with E-state index in [2.05, 4.69) is 25.7 Å². The van der Waals surface area contributed by atoms with Crippen LogP contribution in [0.3, 0.4) is 0 Å². The Balaban J connectivity index is 1.92. The summed E-state index contributed by atoms with van der Waals surface area (Å²) in [6.45, 7) is 12.7. The molecule has 3 aliphatic rings. The molecule has 2 unspecified atom stereocenters. The van der Waals surface area contributed by atoms with E-state index in [-0.39, 0.29) is 67.1 Å². The molecule has 0 aromatic rings. The smallest absolute Gasteiger partial charge is 0.335 e. The Labute approximate surface area is 208 Å². The first-order chi connectivity index (χ1) is 16.5. The number of carbonyl (C=O) groups is 3. The van der Waals surface area contributed by atoms with Gasteiger partial charge in [-0.3, -0.25) is 9.59 Å². The van der Waals surface area contributed by atoms with Gasteiger partial charge in [0.25, 0.3) is 0 Å². The maximum Gasteiger partial charge on any atom is 0.335 e. The molecule has 6 atom stereocenters. The summed E-state index contributed by atoms with van der Waals surface area (Å²) in [5.41, 5.74) is 1.08. The van der Waals surface area contributed by atoms with Crippen LogP contribution in [-0.2, 0) is 28.6 Å². The minimum absolute atomic E-state index is 0.0746. The molecule has 0 aromatic carbocycles. The molecule has 2 saturated carbocycles. The highest BCUT2D eigenvalue weighted by Gasteiger charge is 2.59. The number of hydrogen-bond acceptors (Lipinski definition) is 8. The highest BCUT2D eigenvalue weighted by atomic mass is 16.6. The zero-order valence-electron chi connectivity index (χ0n) is 21.6. The molecule has 0 saturated heterocycles. The van der Waals surface area contributed by atoms with Crippen LogP contribution in [0.2, 0.25) is 0 Å². The third-order valence-electron chi connectivity index (χ3n) is 8.54. The van der Waals surface area contributed by atoms with Gasteiger partial charge in [-0.05, 0) is 68.4 Å². The third-order valence-corrected chi connectivity index (χ3v) is 8.54. The second-order valence-corrected chi connectivity index (χ2v) is 10.8. The molecule has 8 heteroatoms. The molecule has 1 heterocycles. The molecule has 3 rings (SSSR count). The first-order valence-corrected chi connectivity index (χ1v) is 12.7. The van der Waals surface area contributed by atoms with Crippen molar-refractivity contribution in [2.75, 3.05) is 26.4 Å². The van der Waals surface area contributed by atoms with Crippen LogP contribution in [0, 0.1) is 22.7 Å². The van der Waals surface area contributed by atoms with Crippen molar-refractivity contribution in [3.05, 3.63) is 23.8 Å². The van der Waals surface area contributed by atoms with Crippen molar-refractivity contribution in [3.8, 4) is 0 Å². The normalized spacial score (nSPS) is 33.4. The number of rotatable bonds is 10. The lowest BCUT2D eigenvalue weighted by Gasteiger charge is -2.60. The Bertz CT molecular complexity index is 868. The summed E-state index contributed by atoms with van der Waals surface area (Å²) < 4.78 is 16.5. The fourth-order valence-corrected chi connectivity index (χ4v) is 6.82. The number of hydrogen-bond donors (Lipinski definition) is 2. The van der Waals surface area contributed by atoms with E-state index < -0.39 is 5.41 Å². The molecular weight excluding hydrogens is 450 g/mol. The standard InChI is InChI=1S/C27H41NO7/c1-17-7-8-23-26(4,11-9-24(35-19(3)31)27(23,5)16-34-18(2)30)21(17)15-22(28-12-6-13-29)20-10-14-33-25(20)32/h10,21-24,28-29H,1,6-9,11-16H2,2-5H3/t21-,22?,23?,24-,26+,27+/m1/s1. The number of aliphatic hydroxyl groups excluding tert-OH is 1. The summed E-state index contributed by atoms with van der Waals surface area (Å²) in [5.74, 6) is -0.739. The summed E-state index contributed by atoms with van der Waals surface area (Å²) in [5, 5.41) is 12.7. The highest BCUT2D eigenvalue weighted by molar-refractivity contribution is 5.91. The summed E-state index contributed by atoms with van der Waals surface area (Å²) in [6.07, 6.45) is 5.97. The van der Waals surface area contributed by atoms with Crippen LogP contribution in [0.25, 0.3) is 0 Å². The van der Waals surface area contributed by atoms with E-state index in [0.717, 1.165) is 24.8 Å². The van der Waals surface area contributed by atoms with Gasteiger partial charge in [0.05, 0.1) is 5.57 Å². The summed E-state index contributed by atoms with van der Waals surface area (Å²) in [4.78, 5) is 36.1. The van der Waals surface area contributed by atoms with E-state index >= 15 is 0 Å². The molecule has 0 spiro atoms. The zero-order valence-corrected chi connectivity index (χ0v) is 21.6. The molecule has 35 heavy (non-hydrogen) atoms. The minimum Gasteiger partial charge on any atom is -0.465 e. The number of aliphatic hydroxyl groups is 1. The first kappa shape index (κ1) is 27.4. The molecule has 8 nitrogen and oxygen atoms in total. The molecule has 0 radical (unpaired) electrons. The average Bonchev–Trinajstić information content (AvgIpc) is 3.21. The summed E-state index contributed by atoms with van der Waals surface area (Å²) in [7, 11) is 0. The lowest BCUT2D eigenvalue weighted by atomic mass is 9.46. The number of esters is 3. The van der Waals surface area contributed by atoms with E-state index in [0.29, 0.717) is 31.4 Å². The van der Waals surface area contributed by atoms with Crippen LogP contribution < -0.4 is 5.32 Å². The Hall–Kier alpha value is -2.19. The van der Waals surface area contributed by atoms with Crippen LogP contribution in [0.15, 0.2) is 23.8 Å². The van der Waals surface area contributed by atoms with Crippen LogP contribution in [0.4, 0.5) is 0 Å². The second-order valence-electron chi connectivity index (χ2n) is 10.8. The average molecular weight is 492 g/mol. The topological polar surface area (TPSA) is 111 Å². The number of cyclic esters (lactones) is 1. The molecule has 2 aliphatic carbocycles. The van der Waals surface area contributed by atoms with Crippen molar-refractivity contribution >= 4 is 17.9 Å². The number of ether oxygens (including phenoxy) is 3. The Kier molecular flexibility index (Phi) is 8.81. The molecule has 0 bridgehead atoms. The molecule has 0 amide bonds. The predicted octanol–water partition coefficient (Wildman–Crippen LogP) is 3.08. The van der Waals surface area contributed by atoms with Gasteiger partial charge in [0.1, 0.15) is 19.3 Å². The monoisotopic (exact) mass is 491 g/mol. The number of carbonyl (C=O) groups excluding carboxylic acids is 3.